The fourth-order valence-corrected chi connectivity index (χ4v) is 2.31. The van der Waals surface area contributed by atoms with Crippen LogP contribution in [0.4, 0.5) is 8.78 Å². The summed E-state index contributed by atoms with van der Waals surface area (Å²) in [4.78, 5) is 0. The minimum absolute atomic E-state index is 0.422. The third-order valence-corrected chi connectivity index (χ3v) is 4.38. The summed E-state index contributed by atoms with van der Waals surface area (Å²) >= 11 is 1.71. The second-order valence-electron chi connectivity index (χ2n) is 4.86. The first kappa shape index (κ1) is 15.9. The molecule has 0 heterocycles. The fraction of sp³-hybridized carbons (Fsp3) is 0.500. The molecule has 6 heteroatoms. The fourth-order valence-electron chi connectivity index (χ4n) is 1.23. The topological polar surface area (TPSA) is 35.1 Å². The zero-order valence-corrected chi connectivity index (χ0v) is 12.8. The maximum Gasteiger partial charge on any atom is 0.262 e. The standard InChI is InChI=1S/C12H16BrF2NOS/c1-12(2,3)18(17)16-10(11(14)15)8-4-6-9(13)7-5-8/h4-7,10-11,16H,1-3H3/t10-,18?/m0/s1. The lowest BCUT2D eigenvalue weighted by Gasteiger charge is -2.27. The molecule has 18 heavy (non-hydrogen) atoms. The molecule has 0 saturated heterocycles. The lowest BCUT2D eigenvalue weighted by molar-refractivity contribution is 0.109. The van der Waals surface area contributed by atoms with E-state index in [0.717, 1.165) is 4.47 Å². The van der Waals surface area contributed by atoms with Crippen molar-refractivity contribution in [3.05, 3.63) is 34.3 Å². The molecule has 2 atom stereocenters. The third kappa shape index (κ3) is 4.50. The van der Waals surface area contributed by atoms with Gasteiger partial charge in [-0.1, -0.05) is 28.1 Å². The number of nitrogens with one attached hydrogen (secondary N) is 1. The van der Waals surface area contributed by atoms with Crippen molar-refractivity contribution in [3.8, 4) is 0 Å². The Bertz CT molecular complexity index is 381. The minimum atomic E-state index is -2.61. The average Bonchev–Trinajstić information content (AvgIpc) is 2.25. The van der Waals surface area contributed by atoms with Gasteiger partial charge in [0, 0.05) is 15.8 Å². The maximum atomic E-state index is 13.0. The summed E-state index contributed by atoms with van der Waals surface area (Å²) in [5.41, 5.74) is 0.422. The maximum absolute atomic E-state index is 13.0. The van der Waals surface area contributed by atoms with Gasteiger partial charge in [-0.15, -0.1) is 4.72 Å². The highest BCUT2D eigenvalue weighted by molar-refractivity contribution is 9.10. The summed E-state index contributed by atoms with van der Waals surface area (Å²) in [5, 5.41) is 0. The van der Waals surface area contributed by atoms with Crippen LogP contribution in [0.2, 0.25) is 0 Å². The van der Waals surface area contributed by atoms with Crippen LogP contribution in [0.25, 0.3) is 0 Å². The summed E-state index contributed by atoms with van der Waals surface area (Å²) < 4.78 is 40.7. The molecule has 2 nitrogen and oxygen atoms in total. The van der Waals surface area contributed by atoms with Crippen molar-refractivity contribution in [1.29, 1.82) is 0 Å². The van der Waals surface area contributed by atoms with Gasteiger partial charge in [0.1, 0.15) is 10.8 Å². The minimum Gasteiger partial charge on any atom is -0.598 e. The Hall–Kier alpha value is -0.170. The van der Waals surface area contributed by atoms with Crippen molar-refractivity contribution in [2.75, 3.05) is 0 Å². The molecule has 0 saturated carbocycles. The Morgan fingerprint density at radius 3 is 2.11 bits per heavy atom. The largest absolute Gasteiger partial charge is 0.598 e. The Labute approximate surface area is 118 Å². The van der Waals surface area contributed by atoms with Gasteiger partial charge in [0.2, 0.25) is 0 Å². The predicted molar refractivity (Wildman–Crippen MR) is 73.9 cm³/mol. The van der Waals surface area contributed by atoms with Crippen molar-refractivity contribution in [3.63, 3.8) is 0 Å². The normalized spacial score (nSPS) is 15.8. The second-order valence-corrected chi connectivity index (χ2v) is 7.78. The van der Waals surface area contributed by atoms with Crippen LogP contribution in [-0.4, -0.2) is 15.7 Å². The van der Waals surface area contributed by atoms with Gasteiger partial charge in [-0.3, -0.25) is 0 Å². The summed E-state index contributed by atoms with van der Waals surface area (Å²) in [6.45, 7) is 5.21. The molecule has 1 unspecified atom stereocenters. The van der Waals surface area contributed by atoms with Crippen LogP contribution in [-0.2, 0) is 11.4 Å². The van der Waals surface area contributed by atoms with Crippen LogP contribution in [0.5, 0.6) is 0 Å². The molecule has 0 aliphatic rings. The summed E-state index contributed by atoms with van der Waals surface area (Å²) in [6, 6.07) is 5.33. The number of hydrogen-bond acceptors (Lipinski definition) is 2. The Morgan fingerprint density at radius 2 is 1.72 bits per heavy atom. The zero-order chi connectivity index (χ0) is 13.9. The van der Waals surface area contributed by atoms with E-state index in [1.165, 1.54) is 0 Å². The number of alkyl halides is 2. The highest BCUT2D eigenvalue weighted by Gasteiger charge is 2.33. The lowest BCUT2D eigenvalue weighted by Crippen LogP contribution is -2.43. The molecule has 0 fully saturated rings. The van der Waals surface area contributed by atoms with Gasteiger partial charge >= 0.3 is 0 Å². The smallest absolute Gasteiger partial charge is 0.262 e. The molecule has 0 bridgehead atoms. The zero-order valence-electron chi connectivity index (χ0n) is 10.4. The van der Waals surface area contributed by atoms with E-state index in [2.05, 4.69) is 20.7 Å². The number of benzene rings is 1. The Morgan fingerprint density at radius 1 is 1.22 bits per heavy atom. The van der Waals surface area contributed by atoms with Crippen molar-refractivity contribution < 1.29 is 13.3 Å². The van der Waals surface area contributed by atoms with E-state index < -0.39 is 28.6 Å². The molecule has 0 aliphatic heterocycles. The molecule has 102 valence electrons. The quantitative estimate of drug-likeness (QED) is 0.846. The van der Waals surface area contributed by atoms with Crippen LogP contribution in [0.1, 0.15) is 32.4 Å². The van der Waals surface area contributed by atoms with Gasteiger partial charge in [-0.2, -0.15) is 0 Å². The Balaban J connectivity index is 2.87. The van der Waals surface area contributed by atoms with Gasteiger partial charge in [0.25, 0.3) is 6.43 Å². The van der Waals surface area contributed by atoms with E-state index in [1.54, 1.807) is 45.0 Å². The average molecular weight is 340 g/mol. The molecule has 0 aromatic heterocycles. The highest BCUT2D eigenvalue weighted by Crippen LogP contribution is 2.26. The van der Waals surface area contributed by atoms with Crippen molar-refractivity contribution in [1.82, 2.24) is 4.72 Å². The second kappa shape index (κ2) is 6.32. The molecule has 0 aliphatic carbocycles. The highest BCUT2D eigenvalue weighted by atomic mass is 79.9. The van der Waals surface area contributed by atoms with Gasteiger partial charge in [0.05, 0.1) is 0 Å². The molecule has 0 spiro atoms. The Kier molecular flexibility index (Phi) is 5.58. The van der Waals surface area contributed by atoms with E-state index in [-0.39, 0.29) is 0 Å². The monoisotopic (exact) mass is 339 g/mol. The van der Waals surface area contributed by atoms with Crippen molar-refractivity contribution in [2.24, 2.45) is 0 Å². The number of hydrogen-bond donors (Lipinski definition) is 1. The molecule has 1 aromatic carbocycles. The van der Waals surface area contributed by atoms with E-state index in [9.17, 15) is 13.3 Å². The summed E-state index contributed by atoms with van der Waals surface area (Å²) in [5.74, 6) is 0. The van der Waals surface area contributed by atoms with E-state index in [4.69, 9.17) is 0 Å². The van der Waals surface area contributed by atoms with Gasteiger partial charge < -0.3 is 4.55 Å². The van der Waals surface area contributed by atoms with E-state index >= 15 is 0 Å². The first-order valence-electron chi connectivity index (χ1n) is 5.43. The van der Waals surface area contributed by atoms with Crippen LogP contribution >= 0.6 is 15.9 Å². The van der Waals surface area contributed by atoms with Crippen LogP contribution in [0.15, 0.2) is 28.7 Å². The van der Waals surface area contributed by atoms with E-state index in [1.807, 2.05) is 0 Å². The third-order valence-electron chi connectivity index (χ3n) is 2.27. The summed E-state index contributed by atoms with van der Waals surface area (Å²) in [6.07, 6.45) is -2.61. The lowest BCUT2D eigenvalue weighted by atomic mass is 10.1. The first-order chi connectivity index (χ1) is 8.21. The molecular formula is C12H16BrF2NOS. The molecule has 1 N–H and O–H groups in total. The number of halogens is 3. The van der Waals surface area contributed by atoms with Crippen molar-refractivity contribution >= 4 is 27.3 Å². The van der Waals surface area contributed by atoms with Crippen LogP contribution < -0.4 is 4.72 Å². The van der Waals surface area contributed by atoms with Gasteiger partial charge in [-0.25, -0.2) is 8.78 Å². The molecule has 0 amide bonds. The number of rotatable bonds is 4. The molecule has 1 rings (SSSR count). The van der Waals surface area contributed by atoms with Crippen LogP contribution in [0, 0.1) is 0 Å². The predicted octanol–water partition coefficient (Wildman–Crippen LogP) is 3.81. The molecule has 1 aromatic rings. The van der Waals surface area contributed by atoms with E-state index in [0.29, 0.717) is 5.56 Å². The molecular weight excluding hydrogens is 324 g/mol. The van der Waals surface area contributed by atoms with Crippen LogP contribution in [0.3, 0.4) is 0 Å². The van der Waals surface area contributed by atoms with Gasteiger partial charge in [0.15, 0.2) is 0 Å². The SMILES string of the molecule is CC(C)(C)[S+]([O-])N[C@@H](c1ccc(Br)cc1)C(F)F. The van der Waals surface area contributed by atoms with Crippen molar-refractivity contribution in [2.45, 2.75) is 38.0 Å². The first-order valence-corrected chi connectivity index (χ1v) is 7.38. The summed E-state index contributed by atoms with van der Waals surface area (Å²) in [7, 11) is 0. The molecule has 0 radical (unpaired) electrons. The van der Waals surface area contributed by atoms with Gasteiger partial charge in [-0.05, 0) is 38.5 Å².